The molecule has 3 rings (SSSR count). The third-order valence-electron chi connectivity index (χ3n) is 5.26. The minimum atomic E-state index is -0.464. The number of aromatic amines is 1. The van der Waals surface area contributed by atoms with E-state index in [0.29, 0.717) is 19.5 Å². The molecule has 0 aliphatic carbocycles. The first-order valence-corrected chi connectivity index (χ1v) is 10.6. The van der Waals surface area contributed by atoms with Crippen molar-refractivity contribution in [1.29, 1.82) is 0 Å². The largest absolute Gasteiger partial charge is 0.460 e. The predicted octanol–water partition coefficient (Wildman–Crippen LogP) is 2.87. The van der Waals surface area contributed by atoms with Crippen LogP contribution in [0.3, 0.4) is 0 Å². The number of esters is 1. The van der Waals surface area contributed by atoms with Crippen molar-refractivity contribution in [2.75, 3.05) is 13.1 Å². The fourth-order valence-electron chi connectivity index (χ4n) is 3.54. The standard InChI is InChI=1S/C24H32N4O2/c25-13-7-6-10-20(26)16-28-23(24(29)30-17-18-8-2-1-3-9-18)14-19-15-27-22-12-5-4-11-21(19)22/h1-5,8-9,11-12,15,20,23,27-28H,6-7,10,13-14,16-17,25-26H2/t20-,23-/m0/s1. The number of hydrogen-bond acceptors (Lipinski definition) is 5. The maximum Gasteiger partial charge on any atom is 0.323 e. The van der Waals surface area contributed by atoms with Crippen LogP contribution in [0.15, 0.2) is 60.8 Å². The summed E-state index contributed by atoms with van der Waals surface area (Å²) in [5, 5.41) is 4.46. The van der Waals surface area contributed by atoms with Gasteiger partial charge in [0.15, 0.2) is 0 Å². The summed E-state index contributed by atoms with van der Waals surface area (Å²) < 4.78 is 5.61. The highest BCUT2D eigenvalue weighted by Gasteiger charge is 2.22. The summed E-state index contributed by atoms with van der Waals surface area (Å²) in [5.41, 5.74) is 14.9. The summed E-state index contributed by atoms with van der Waals surface area (Å²) in [7, 11) is 0. The summed E-state index contributed by atoms with van der Waals surface area (Å²) in [5.74, 6) is -0.265. The van der Waals surface area contributed by atoms with Crippen LogP contribution in [0.1, 0.15) is 30.4 Å². The Balaban J connectivity index is 1.65. The van der Waals surface area contributed by atoms with E-state index in [4.69, 9.17) is 16.2 Å². The van der Waals surface area contributed by atoms with Crippen LogP contribution in [0.25, 0.3) is 10.9 Å². The molecular formula is C24H32N4O2. The summed E-state index contributed by atoms with van der Waals surface area (Å²) in [4.78, 5) is 16.2. The van der Waals surface area contributed by atoms with E-state index in [1.807, 2.05) is 54.7 Å². The van der Waals surface area contributed by atoms with E-state index in [1.165, 1.54) is 0 Å². The number of fused-ring (bicyclic) bond motifs is 1. The van der Waals surface area contributed by atoms with Crippen LogP contribution < -0.4 is 16.8 Å². The predicted molar refractivity (Wildman–Crippen MR) is 121 cm³/mol. The van der Waals surface area contributed by atoms with E-state index in [9.17, 15) is 4.79 Å². The highest BCUT2D eigenvalue weighted by Crippen LogP contribution is 2.19. The highest BCUT2D eigenvalue weighted by molar-refractivity contribution is 5.84. The Morgan fingerprint density at radius 3 is 2.63 bits per heavy atom. The summed E-state index contributed by atoms with van der Waals surface area (Å²) in [6, 6.07) is 17.3. The van der Waals surface area contributed by atoms with Crippen LogP contribution in [-0.4, -0.2) is 36.1 Å². The molecule has 0 aliphatic rings. The number of benzene rings is 2. The van der Waals surface area contributed by atoms with Crippen molar-refractivity contribution in [2.24, 2.45) is 11.5 Å². The molecule has 6 heteroatoms. The number of unbranched alkanes of at least 4 members (excludes halogenated alkanes) is 1. The lowest BCUT2D eigenvalue weighted by molar-refractivity contribution is -0.147. The Morgan fingerprint density at radius 1 is 1.07 bits per heavy atom. The van der Waals surface area contributed by atoms with Crippen molar-refractivity contribution < 1.29 is 9.53 Å². The van der Waals surface area contributed by atoms with Crippen molar-refractivity contribution >= 4 is 16.9 Å². The Hall–Kier alpha value is -2.67. The molecule has 6 nitrogen and oxygen atoms in total. The second kappa shape index (κ2) is 11.5. The molecule has 0 bridgehead atoms. The number of H-pyrrole nitrogens is 1. The minimum Gasteiger partial charge on any atom is -0.460 e. The van der Waals surface area contributed by atoms with Gasteiger partial charge in [0.25, 0.3) is 0 Å². The number of rotatable bonds is 12. The Bertz CT molecular complexity index is 910. The van der Waals surface area contributed by atoms with Gasteiger partial charge >= 0.3 is 5.97 Å². The molecule has 1 aromatic heterocycles. The summed E-state index contributed by atoms with van der Waals surface area (Å²) >= 11 is 0. The van der Waals surface area contributed by atoms with Gasteiger partial charge in [-0.25, -0.2) is 0 Å². The third kappa shape index (κ3) is 6.42. The second-order valence-electron chi connectivity index (χ2n) is 7.66. The molecule has 0 unspecified atom stereocenters. The van der Waals surface area contributed by atoms with Gasteiger partial charge in [0.1, 0.15) is 12.6 Å². The van der Waals surface area contributed by atoms with E-state index in [-0.39, 0.29) is 18.6 Å². The molecule has 0 radical (unpaired) electrons. The van der Waals surface area contributed by atoms with Crippen molar-refractivity contribution in [2.45, 2.75) is 44.4 Å². The smallest absolute Gasteiger partial charge is 0.323 e. The zero-order chi connectivity index (χ0) is 21.2. The van der Waals surface area contributed by atoms with E-state index >= 15 is 0 Å². The quantitative estimate of drug-likeness (QED) is 0.272. The van der Waals surface area contributed by atoms with Gasteiger partial charge in [-0.1, -0.05) is 55.0 Å². The minimum absolute atomic E-state index is 0.0241. The lowest BCUT2D eigenvalue weighted by Crippen LogP contribution is -2.45. The topological polar surface area (TPSA) is 106 Å². The molecule has 2 atom stereocenters. The molecular weight excluding hydrogens is 376 g/mol. The number of carbonyl (C=O) groups is 1. The Morgan fingerprint density at radius 2 is 1.83 bits per heavy atom. The molecule has 0 aliphatic heterocycles. The summed E-state index contributed by atoms with van der Waals surface area (Å²) in [6.07, 6.45) is 5.33. The van der Waals surface area contributed by atoms with Crippen LogP contribution >= 0.6 is 0 Å². The zero-order valence-corrected chi connectivity index (χ0v) is 17.3. The fraction of sp³-hybridized carbons (Fsp3) is 0.375. The van der Waals surface area contributed by atoms with Crippen LogP contribution in [-0.2, 0) is 22.6 Å². The number of para-hydroxylation sites is 1. The average Bonchev–Trinajstić information content (AvgIpc) is 3.18. The van der Waals surface area contributed by atoms with Crippen LogP contribution in [0, 0.1) is 0 Å². The number of ether oxygens (including phenoxy) is 1. The number of nitrogens with two attached hydrogens (primary N) is 2. The SMILES string of the molecule is NCCCC[C@H](N)CN[C@@H](Cc1c[nH]c2ccccc12)C(=O)OCc1ccccc1. The van der Waals surface area contributed by atoms with Crippen LogP contribution in [0.2, 0.25) is 0 Å². The number of hydrogen-bond donors (Lipinski definition) is 4. The van der Waals surface area contributed by atoms with Crippen LogP contribution in [0.4, 0.5) is 0 Å². The molecule has 0 fully saturated rings. The van der Waals surface area contributed by atoms with Gasteiger partial charge in [-0.15, -0.1) is 0 Å². The van der Waals surface area contributed by atoms with Gasteiger partial charge in [-0.05, 0) is 36.6 Å². The van der Waals surface area contributed by atoms with Gasteiger partial charge in [-0.3, -0.25) is 4.79 Å². The normalized spacial score (nSPS) is 13.3. The maximum atomic E-state index is 12.9. The lowest BCUT2D eigenvalue weighted by Gasteiger charge is -2.20. The van der Waals surface area contributed by atoms with Crippen molar-refractivity contribution in [3.05, 3.63) is 71.9 Å². The number of carbonyl (C=O) groups excluding carboxylic acids is 1. The molecule has 1 heterocycles. The fourth-order valence-corrected chi connectivity index (χ4v) is 3.54. The van der Waals surface area contributed by atoms with Crippen molar-refractivity contribution in [3.63, 3.8) is 0 Å². The van der Waals surface area contributed by atoms with Gasteiger partial charge in [0.2, 0.25) is 0 Å². The molecule has 3 aromatic rings. The van der Waals surface area contributed by atoms with Crippen LogP contribution in [0.5, 0.6) is 0 Å². The zero-order valence-electron chi connectivity index (χ0n) is 17.3. The van der Waals surface area contributed by atoms with E-state index < -0.39 is 6.04 Å². The van der Waals surface area contributed by atoms with Gasteiger partial charge < -0.3 is 26.5 Å². The number of nitrogens with one attached hydrogen (secondary N) is 2. The first-order chi connectivity index (χ1) is 14.7. The van der Waals surface area contributed by atoms with Crippen molar-refractivity contribution in [1.82, 2.24) is 10.3 Å². The maximum absolute atomic E-state index is 12.9. The molecule has 0 amide bonds. The molecule has 160 valence electrons. The molecule has 30 heavy (non-hydrogen) atoms. The molecule has 0 spiro atoms. The van der Waals surface area contributed by atoms with E-state index in [2.05, 4.69) is 16.4 Å². The third-order valence-corrected chi connectivity index (χ3v) is 5.26. The first-order valence-electron chi connectivity index (χ1n) is 10.6. The molecule has 2 aromatic carbocycles. The van der Waals surface area contributed by atoms with Gasteiger partial charge in [-0.2, -0.15) is 0 Å². The molecule has 0 saturated carbocycles. The second-order valence-corrected chi connectivity index (χ2v) is 7.66. The molecule has 0 saturated heterocycles. The lowest BCUT2D eigenvalue weighted by atomic mass is 10.0. The van der Waals surface area contributed by atoms with Gasteiger partial charge in [0.05, 0.1) is 0 Å². The molecule has 6 N–H and O–H groups in total. The first kappa shape index (κ1) is 22.0. The monoisotopic (exact) mass is 408 g/mol. The highest BCUT2D eigenvalue weighted by atomic mass is 16.5. The van der Waals surface area contributed by atoms with E-state index in [0.717, 1.165) is 41.3 Å². The summed E-state index contributed by atoms with van der Waals surface area (Å²) in [6.45, 7) is 1.49. The average molecular weight is 409 g/mol. The Kier molecular flexibility index (Phi) is 8.44. The van der Waals surface area contributed by atoms with E-state index in [1.54, 1.807) is 0 Å². The van der Waals surface area contributed by atoms with Crippen molar-refractivity contribution in [3.8, 4) is 0 Å². The number of aromatic nitrogens is 1. The van der Waals surface area contributed by atoms with Gasteiger partial charge in [0, 0.05) is 36.1 Å². The Labute approximate surface area is 178 Å².